The van der Waals surface area contributed by atoms with Crippen molar-refractivity contribution in [2.45, 2.75) is 44.9 Å². The Balaban J connectivity index is 1.89. The summed E-state index contributed by atoms with van der Waals surface area (Å²) in [5.74, 6) is 0. The molecule has 0 aliphatic heterocycles. The lowest BCUT2D eigenvalue weighted by molar-refractivity contribution is -0.158. The van der Waals surface area contributed by atoms with Gasteiger partial charge in [-0.2, -0.15) is 13.2 Å². The normalized spacial score (nSPS) is 13.6. The van der Waals surface area contributed by atoms with Gasteiger partial charge in [-0.05, 0) is 33.6 Å². The summed E-state index contributed by atoms with van der Waals surface area (Å²) < 4.78 is 41.1. The third-order valence-electron chi connectivity index (χ3n) is 4.83. The van der Waals surface area contributed by atoms with Crippen molar-refractivity contribution in [3.05, 3.63) is 81.8 Å². The number of hydrogen-bond donors (Lipinski definition) is 2. The number of halogens is 3. The minimum Gasteiger partial charge on any atom is -0.328 e. The van der Waals surface area contributed by atoms with Crippen molar-refractivity contribution in [3.63, 3.8) is 0 Å². The van der Waals surface area contributed by atoms with E-state index >= 15 is 0 Å². The zero-order valence-electron chi connectivity index (χ0n) is 16.0. The molecular weight excluding hydrogens is 365 g/mol. The van der Waals surface area contributed by atoms with E-state index in [1.54, 1.807) is 36.4 Å². The molecule has 2 N–H and O–H groups in total. The van der Waals surface area contributed by atoms with Crippen molar-refractivity contribution in [3.8, 4) is 0 Å². The first-order valence-corrected chi connectivity index (χ1v) is 9.07. The number of hydrogen-bond acceptors (Lipinski definition) is 2. The largest absolute Gasteiger partial charge is 0.407 e. The molecule has 1 unspecified atom stereocenters. The highest BCUT2D eigenvalue weighted by molar-refractivity contribution is 5.84. The summed E-state index contributed by atoms with van der Waals surface area (Å²) in [6, 6.07) is 11.6. The molecule has 148 valence electrons. The molecule has 0 saturated heterocycles. The van der Waals surface area contributed by atoms with Crippen LogP contribution in [0.1, 0.15) is 43.5 Å². The minimum absolute atomic E-state index is 0.0253. The van der Waals surface area contributed by atoms with Gasteiger partial charge in [-0.1, -0.05) is 63.2 Å². The predicted molar refractivity (Wildman–Crippen MR) is 105 cm³/mol. The zero-order chi connectivity index (χ0) is 20.5. The van der Waals surface area contributed by atoms with Crippen LogP contribution in [0.15, 0.2) is 59.5 Å². The molecule has 1 heterocycles. The Bertz CT molecular complexity index is 1010. The van der Waals surface area contributed by atoms with Gasteiger partial charge in [0.25, 0.3) is 5.56 Å². The number of alkyl halides is 3. The standard InChI is InChI=1S/C22H23F3N2O/c1-21(2,3)16-10-8-14(9-11-16)19(22(23,24)25)26-12-15-13-27-20(28)18-7-5-4-6-17(15)18/h4-11,13,19,26H,12H2,1-3H3,(H,27,28). The minimum atomic E-state index is -4.44. The van der Waals surface area contributed by atoms with E-state index in [-0.39, 0.29) is 23.1 Å². The van der Waals surface area contributed by atoms with Gasteiger partial charge in [0.2, 0.25) is 0 Å². The van der Waals surface area contributed by atoms with Crippen molar-refractivity contribution in [2.24, 2.45) is 0 Å². The zero-order valence-corrected chi connectivity index (χ0v) is 16.0. The molecule has 0 fully saturated rings. The second-order valence-corrected chi connectivity index (χ2v) is 7.92. The first-order chi connectivity index (χ1) is 13.1. The van der Waals surface area contributed by atoms with Crippen LogP contribution in [0.4, 0.5) is 13.2 Å². The average Bonchev–Trinajstić information content (AvgIpc) is 2.62. The van der Waals surface area contributed by atoms with Gasteiger partial charge in [-0.15, -0.1) is 0 Å². The van der Waals surface area contributed by atoms with E-state index in [2.05, 4.69) is 10.3 Å². The van der Waals surface area contributed by atoms with Gasteiger partial charge in [-0.25, -0.2) is 0 Å². The molecule has 6 heteroatoms. The first kappa shape index (κ1) is 20.1. The van der Waals surface area contributed by atoms with E-state index < -0.39 is 12.2 Å². The number of aromatic amines is 1. The summed E-state index contributed by atoms with van der Waals surface area (Å²) in [6.07, 6.45) is -2.98. The highest BCUT2D eigenvalue weighted by Crippen LogP contribution is 2.34. The maximum Gasteiger partial charge on any atom is 0.407 e. The molecule has 3 rings (SSSR count). The van der Waals surface area contributed by atoms with Crippen LogP contribution in [-0.2, 0) is 12.0 Å². The van der Waals surface area contributed by atoms with Crippen LogP contribution in [0.5, 0.6) is 0 Å². The molecule has 0 aliphatic rings. The van der Waals surface area contributed by atoms with Crippen LogP contribution < -0.4 is 10.9 Å². The fourth-order valence-electron chi connectivity index (χ4n) is 3.23. The molecule has 28 heavy (non-hydrogen) atoms. The molecule has 0 saturated carbocycles. The van der Waals surface area contributed by atoms with Gasteiger partial charge in [0, 0.05) is 18.1 Å². The third-order valence-corrected chi connectivity index (χ3v) is 4.83. The van der Waals surface area contributed by atoms with Crippen LogP contribution in [0.25, 0.3) is 10.8 Å². The maximum atomic E-state index is 13.7. The Morgan fingerprint density at radius 3 is 2.14 bits per heavy atom. The SMILES string of the molecule is CC(C)(C)c1ccc(C(NCc2c[nH]c(=O)c3ccccc23)C(F)(F)F)cc1. The van der Waals surface area contributed by atoms with E-state index in [0.717, 1.165) is 5.56 Å². The summed E-state index contributed by atoms with van der Waals surface area (Å²) in [4.78, 5) is 14.5. The summed E-state index contributed by atoms with van der Waals surface area (Å²) in [5.41, 5.74) is 1.35. The number of aromatic nitrogens is 1. The number of nitrogens with one attached hydrogen (secondary N) is 2. The number of pyridine rings is 1. The first-order valence-electron chi connectivity index (χ1n) is 9.07. The summed E-state index contributed by atoms with van der Waals surface area (Å²) in [7, 11) is 0. The predicted octanol–water partition coefficient (Wildman–Crippen LogP) is 5.22. The molecule has 1 aromatic heterocycles. The molecule has 0 bridgehead atoms. The van der Waals surface area contributed by atoms with Crippen molar-refractivity contribution in [1.29, 1.82) is 0 Å². The molecular formula is C22H23F3N2O. The number of fused-ring (bicyclic) bond motifs is 1. The Morgan fingerprint density at radius 2 is 1.57 bits per heavy atom. The van der Waals surface area contributed by atoms with Crippen LogP contribution in [0.3, 0.4) is 0 Å². The molecule has 0 amide bonds. The number of rotatable bonds is 4. The molecule has 3 nitrogen and oxygen atoms in total. The monoisotopic (exact) mass is 388 g/mol. The van der Waals surface area contributed by atoms with Gasteiger partial charge < -0.3 is 4.98 Å². The second-order valence-electron chi connectivity index (χ2n) is 7.92. The Labute approximate surface area is 161 Å². The lowest BCUT2D eigenvalue weighted by Gasteiger charge is -2.24. The Hall–Kier alpha value is -2.60. The van der Waals surface area contributed by atoms with E-state index in [4.69, 9.17) is 0 Å². The topological polar surface area (TPSA) is 44.9 Å². The van der Waals surface area contributed by atoms with Crippen LogP contribution in [0.2, 0.25) is 0 Å². The van der Waals surface area contributed by atoms with E-state index in [1.165, 1.54) is 18.3 Å². The molecule has 1 atom stereocenters. The van der Waals surface area contributed by atoms with Gasteiger partial charge in [-0.3, -0.25) is 10.1 Å². The lowest BCUT2D eigenvalue weighted by atomic mass is 9.86. The molecule has 3 aromatic rings. The second kappa shape index (κ2) is 7.43. The maximum absolute atomic E-state index is 13.7. The van der Waals surface area contributed by atoms with Gasteiger partial charge in [0.15, 0.2) is 0 Å². The average molecular weight is 388 g/mol. The number of benzene rings is 2. The van der Waals surface area contributed by atoms with Crippen LogP contribution in [0, 0.1) is 0 Å². The molecule has 0 spiro atoms. The third kappa shape index (κ3) is 4.28. The van der Waals surface area contributed by atoms with Crippen LogP contribution in [-0.4, -0.2) is 11.2 Å². The Kier molecular flexibility index (Phi) is 5.35. The summed E-state index contributed by atoms with van der Waals surface area (Å²) >= 11 is 0. The van der Waals surface area contributed by atoms with E-state index in [9.17, 15) is 18.0 Å². The fourth-order valence-corrected chi connectivity index (χ4v) is 3.23. The summed E-state index contributed by atoms with van der Waals surface area (Å²) in [6.45, 7) is 6.02. The van der Waals surface area contributed by atoms with Crippen molar-refractivity contribution in [1.82, 2.24) is 10.3 Å². The highest BCUT2D eigenvalue weighted by atomic mass is 19.4. The highest BCUT2D eigenvalue weighted by Gasteiger charge is 2.40. The van der Waals surface area contributed by atoms with Crippen molar-refractivity contribution >= 4 is 10.8 Å². The fraction of sp³-hybridized carbons (Fsp3) is 0.318. The van der Waals surface area contributed by atoms with E-state index in [1.807, 2.05) is 20.8 Å². The van der Waals surface area contributed by atoms with E-state index in [0.29, 0.717) is 16.3 Å². The Morgan fingerprint density at radius 1 is 0.964 bits per heavy atom. The summed E-state index contributed by atoms with van der Waals surface area (Å²) in [5, 5.41) is 3.71. The molecule has 0 radical (unpaired) electrons. The number of H-pyrrole nitrogens is 1. The van der Waals surface area contributed by atoms with Crippen molar-refractivity contribution in [2.75, 3.05) is 0 Å². The smallest absolute Gasteiger partial charge is 0.328 e. The van der Waals surface area contributed by atoms with Gasteiger partial charge in [0.1, 0.15) is 6.04 Å². The van der Waals surface area contributed by atoms with Crippen molar-refractivity contribution < 1.29 is 13.2 Å². The molecule has 0 aliphatic carbocycles. The van der Waals surface area contributed by atoms with Crippen LogP contribution >= 0.6 is 0 Å². The quantitative estimate of drug-likeness (QED) is 0.644. The molecule has 2 aromatic carbocycles. The van der Waals surface area contributed by atoms with Gasteiger partial charge in [0.05, 0.1) is 0 Å². The van der Waals surface area contributed by atoms with Gasteiger partial charge >= 0.3 is 6.18 Å². The lowest BCUT2D eigenvalue weighted by Crippen LogP contribution is -2.34.